The van der Waals surface area contributed by atoms with Gasteiger partial charge in [-0.2, -0.15) is 0 Å². The summed E-state index contributed by atoms with van der Waals surface area (Å²) in [5.74, 6) is 1.15. The number of carbonyl (C=O) groups is 1. The number of rotatable bonds is 5. The highest BCUT2D eigenvalue weighted by Gasteiger charge is 2.24. The van der Waals surface area contributed by atoms with E-state index in [2.05, 4.69) is 36.2 Å². The van der Waals surface area contributed by atoms with E-state index in [-0.39, 0.29) is 11.9 Å². The normalized spacial score (nSPS) is 18.9. The molecule has 0 radical (unpaired) electrons. The number of carbonyl (C=O) groups excluding carboxylic acids is 1. The maximum atomic E-state index is 11.3. The van der Waals surface area contributed by atoms with Gasteiger partial charge in [0.1, 0.15) is 11.3 Å². The lowest BCUT2D eigenvalue weighted by atomic mass is 10.2. The number of benzene rings is 1. The van der Waals surface area contributed by atoms with Crippen molar-refractivity contribution in [1.29, 1.82) is 0 Å². The Bertz CT molecular complexity index is 600. The third kappa shape index (κ3) is 3.27. The molecule has 0 aliphatic carbocycles. The molecule has 0 saturated carbocycles. The third-order valence-corrected chi connectivity index (χ3v) is 4.11. The van der Waals surface area contributed by atoms with Crippen LogP contribution in [-0.2, 0) is 11.3 Å². The van der Waals surface area contributed by atoms with Gasteiger partial charge in [-0.3, -0.25) is 9.69 Å². The van der Waals surface area contributed by atoms with E-state index >= 15 is 0 Å². The lowest BCUT2D eigenvalue weighted by Crippen LogP contribution is -2.41. The van der Waals surface area contributed by atoms with E-state index in [4.69, 9.17) is 4.42 Å². The molecule has 1 atom stereocenters. The van der Waals surface area contributed by atoms with Crippen LogP contribution in [0.2, 0.25) is 0 Å². The van der Waals surface area contributed by atoms with Gasteiger partial charge in [0.25, 0.3) is 0 Å². The van der Waals surface area contributed by atoms with Crippen LogP contribution in [0.3, 0.4) is 0 Å². The molecule has 112 valence electrons. The standard InChI is InChI=1S/C17H22N2O2/c1-12(2)19(10-14-7-8-17(20)18-14)11-15-9-13-5-3-4-6-16(13)21-15/h3-6,9,12,14H,7-8,10-11H2,1-2H3,(H,18,20). The molecular formula is C17H22N2O2. The molecular weight excluding hydrogens is 264 g/mol. The molecule has 0 bridgehead atoms. The average molecular weight is 286 g/mol. The summed E-state index contributed by atoms with van der Waals surface area (Å²) in [6, 6.07) is 10.9. The molecule has 1 N–H and O–H groups in total. The zero-order valence-electron chi connectivity index (χ0n) is 12.6. The molecule has 1 aliphatic heterocycles. The first-order chi connectivity index (χ1) is 10.1. The lowest BCUT2D eigenvalue weighted by molar-refractivity contribution is -0.119. The van der Waals surface area contributed by atoms with E-state index in [1.54, 1.807) is 0 Å². The van der Waals surface area contributed by atoms with Crippen molar-refractivity contribution in [3.63, 3.8) is 0 Å². The fourth-order valence-corrected chi connectivity index (χ4v) is 2.87. The molecule has 2 aromatic rings. The molecule has 1 amide bonds. The first kappa shape index (κ1) is 14.1. The number of nitrogens with one attached hydrogen (secondary N) is 1. The Morgan fingerprint density at radius 3 is 2.86 bits per heavy atom. The highest BCUT2D eigenvalue weighted by atomic mass is 16.3. The van der Waals surface area contributed by atoms with E-state index < -0.39 is 0 Å². The predicted molar refractivity (Wildman–Crippen MR) is 82.9 cm³/mol. The van der Waals surface area contributed by atoms with Crippen molar-refractivity contribution >= 4 is 16.9 Å². The van der Waals surface area contributed by atoms with Gasteiger partial charge in [0.15, 0.2) is 0 Å². The van der Waals surface area contributed by atoms with Crippen molar-refractivity contribution in [3.8, 4) is 0 Å². The molecule has 4 nitrogen and oxygen atoms in total. The second kappa shape index (κ2) is 5.90. The number of hydrogen-bond donors (Lipinski definition) is 1. The molecule has 2 heterocycles. The van der Waals surface area contributed by atoms with E-state index in [0.29, 0.717) is 12.5 Å². The Kier molecular flexibility index (Phi) is 3.97. The number of nitrogens with zero attached hydrogens (tertiary/aromatic N) is 1. The minimum absolute atomic E-state index is 0.174. The van der Waals surface area contributed by atoms with Crippen LogP contribution < -0.4 is 5.32 Å². The van der Waals surface area contributed by atoms with Crippen LogP contribution >= 0.6 is 0 Å². The van der Waals surface area contributed by atoms with Crippen LogP contribution in [0.5, 0.6) is 0 Å². The topological polar surface area (TPSA) is 45.5 Å². The van der Waals surface area contributed by atoms with E-state index in [9.17, 15) is 4.79 Å². The Hall–Kier alpha value is -1.81. The van der Waals surface area contributed by atoms with E-state index in [1.165, 1.54) is 0 Å². The number of fused-ring (bicyclic) bond motifs is 1. The second-order valence-electron chi connectivity index (χ2n) is 6.08. The van der Waals surface area contributed by atoms with Gasteiger partial charge >= 0.3 is 0 Å². The maximum absolute atomic E-state index is 11.3. The summed E-state index contributed by atoms with van der Waals surface area (Å²) in [5, 5.41) is 4.18. The van der Waals surface area contributed by atoms with E-state index in [1.807, 2.05) is 18.2 Å². The number of para-hydroxylation sites is 1. The number of furan rings is 1. The SMILES string of the molecule is CC(C)N(Cc1cc2ccccc2o1)CC1CCC(=O)N1. The summed E-state index contributed by atoms with van der Waals surface area (Å²) in [5.41, 5.74) is 0.936. The maximum Gasteiger partial charge on any atom is 0.220 e. The summed E-state index contributed by atoms with van der Waals surface area (Å²) in [7, 11) is 0. The molecule has 1 fully saturated rings. The Morgan fingerprint density at radius 1 is 1.38 bits per heavy atom. The van der Waals surface area contributed by atoms with Gasteiger partial charge in [0.2, 0.25) is 5.91 Å². The van der Waals surface area contributed by atoms with Gasteiger partial charge in [0.05, 0.1) is 6.54 Å². The van der Waals surface area contributed by atoms with Crippen molar-refractivity contribution < 1.29 is 9.21 Å². The van der Waals surface area contributed by atoms with Crippen molar-refractivity contribution in [2.45, 2.75) is 45.3 Å². The molecule has 1 aromatic heterocycles. The van der Waals surface area contributed by atoms with Gasteiger partial charge in [-0.05, 0) is 32.4 Å². The van der Waals surface area contributed by atoms with Gasteiger partial charge < -0.3 is 9.73 Å². The van der Waals surface area contributed by atoms with Gasteiger partial charge in [-0.15, -0.1) is 0 Å². The molecule has 3 rings (SSSR count). The Morgan fingerprint density at radius 2 is 2.19 bits per heavy atom. The highest BCUT2D eigenvalue weighted by molar-refractivity contribution is 5.78. The molecule has 1 saturated heterocycles. The van der Waals surface area contributed by atoms with Crippen LogP contribution in [0.1, 0.15) is 32.4 Å². The molecule has 1 aromatic carbocycles. The molecule has 0 spiro atoms. The minimum Gasteiger partial charge on any atom is -0.460 e. The van der Waals surface area contributed by atoms with Crippen LogP contribution in [0.4, 0.5) is 0 Å². The lowest BCUT2D eigenvalue weighted by Gasteiger charge is -2.28. The largest absolute Gasteiger partial charge is 0.460 e. The minimum atomic E-state index is 0.174. The van der Waals surface area contributed by atoms with Crippen LogP contribution in [0.15, 0.2) is 34.7 Å². The first-order valence-electron chi connectivity index (χ1n) is 7.62. The van der Waals surface area contributed by atoms with Crippen molar-refractivity contribution in [2.24, 2.45) is 0 Å². The number of hydrogen-bond acceptors (Lipinski definition) is 3. The smallest absolute Gasteiger partial charge is 0.220 e. The van der Waals surface area contributed by atoms with Gasteiger partial charge in [-0.25, -0.2) is 0 Å². The van der Waals surface area contributed by atoms with Crippen LogP contribution in [0.25, 0.3) is 11.0 Å². The van der Waals surface area contributed by atoms with Crippen molar-refractivity contribution in [3.05, 3.63) is 36.1 Å². The van der Waals surface area contributed by atoms with Crippen molar-refractivity contribution in [1.82, 2.24) is 10.2 Å². The monoisotopic (exact) mass is 286 g/mol. The first-order valence-corrected chi connectivity index (χ1v) is 7.62. The van der Waals surface area contributed by atoms with Crippen molar-refractivity contribution in [2.75, 3.05) is 6.54 Å². The summed E-state index contributed by atoms with van der Waals surface area (Å²) >= 11 is 0. The fourth-order valence-electron chi connectivity index (χ4n) is 2.87. The van der Waals surface area contributed by atoms with Gasteiger partial charge in [-0.1, -0.05) is 18.2 Å². The van der Waals surface area contributed by atoms with E-state index in [0.717, 1.165) is 36.2 Å². The predicted octanol–water partition coefficient (Wildman–Crippen LogP) is 2.92. The molecule has 21 heavy (non-hydrogen) atoms. The van der Waals surface area contributed by atoms with Crippen LogP contribution in [0, 0.1) is 0 Å². The number of amides is 1. The fraction of sp³-hybridized carbons (Fsp3) is 0.471. The van der Waals surface area contributed by atoms with Gasteiger partial charge in [0, 0.05) is 30.4 Å². The summed E-state index contributed by atoms with van der Waals surface area (Å²) < 4.78 is 5.91. The molecule has 4 heteroatoms. The second-order valence-corrected chi connectivity index (χ2v) is 6.08. The zero-order chi connectivity index (χ0) is 14.8. The van der Waals surface area contributed by atoms with Crippen LogP contribution in [-0.4, -0.2) is 29.4 Å². The molecule has 1 unspecified atom stereocenters. The Balaban J connectivity index is 1.70. The quantitative estimate of drug-likeness (QED) is 0.919. The third-order valence-electron chi connectivity index (χ3n) is 4.11. The highest BCUT2D eigenvalue weighted by Crippen LogP contribution is 2.21. The average Bonchev–Trinajstić information content (AvgIpc) is 3.03. The summed E-state index contributed by atoms with van der Waals surface area (Å²) in [4.78, 5) is 13.7. The summed E-state index contributed by atoms with van der Waals surface area (Å²) in [6.07, 6.45) is 1.59. The summed E-state index contributed by atoms with van der Waals surface area (Å²) in [6.45, 7) is 6.01. The molecule has 1 aliphatic rings. The Labute approximate surface area is 125 Å². The zero-order valence-corrected chi connectivity index (χ0v) is 12.6.